The second-order valence-electron chi connectivity index (χ2n) is 8.33. The van der Waals surface area contributed by atoms with Crippen molar-refractivity contribution in [1.82, 2.24) is 14.7 Å². The van der Waals surface area contributed by atoms with Crippen LogP contribution in [0.4, 0.5) is 10.1 Å². The smallest absolute Gasteiger partial charge is 0.123 e. The van der Waals surface area contributed by atoms with Crippen molar-refractivity contribution in [3.05, 3.63) is 30.1 Å². The number of nitrogens with zero attached hydrogens (tertiary/aromatic N) is 4. The maximum absolute atomic E-state index is 13.1. The van der Waals surface area contributed by atoms with Gasteiger partial charge in [-0.05, 0) is 63.7 Å². The van der Waals surface area contributed by atoms with E-state index >= 15 is 0 Å². The Labute approximate surface area is 157 Å². The summed E-state index contributed by atoms with van der Waals surface area (Å²) in [6, 6.07) is 8.48. The summed E-state index contributed by atoms with van der Waals surface area (Å²) in [6.45, 7) is 9.39. The molecule has 0 radical (unpaired) electrons. The number of benzene rings is 1. The fourth-order valence-corrected chi connectivity index (χ4v) is 4.79. The first-order valence-electron chi connectivity index (χ1n) is 10.4. The monoisotopic (exact) mass is 360 g/mol. The molecule has 3 heterocycles. The molecule has 4 rings (SSSR count). The Bertz CT molecular complexity index is 564. The van der Waals surface area contributed by atoms with Crippen LogP contribution in [-0.2, 0) is 0 Å². The van der Waals surface area contributed by atoms with Crippen LogP contribution in [0.25, 0.3) is 0 Å². The van der Waals surface area contributed by atoms with Crippen LogP contribution in [0.15, 0.2) is 24.3 Å². The second kappa shape index (κ2) is 8.24. The Morgan fingerprint density at radius 1 is 0.962 bits per heavy atom. The molecule has 0 N–H and O–H groups in total. The molecule has 1 unspecified atom stereocenters. The van der Waals surface area contributed by atoms with Crippen LogP contribution in [0, 0.1) is 5.82 Å². The largest absolute Gasteiger partial charge is 0.369 e. The van der Waals surface area contributed by atoms with E-state index in [0.29, 0.717) is 0 Å². The van der Waals surface area contributed by atoms with Gasteiger partial charge in [0.25, 0.3) is 0 Å². The predicted molar refractivity (Wildman–Crippen MR) is 105 cm³/mol. The Morgan fingerprint density at radius 3 is 2.38 bits per heavy atom. The molecule has 5 heteroatoms. The highest BCUT2D eigenvalue weighted by Gasteiger charge is 2.33. The van der Waals surface area contributed by atoms with Crippen molar-refractivity contribution < 1.29 is 4.39 Å². The molecule has 1 aromatic carbocycles. The zero-order valence-electron chi connectivity index (χ0n) is 16.1. The topological polar surface area (TPSA) is 13.0 Å². The fourth-order valence-electron chi connectivity index (χ4n) is 4.79. The van der Waals surface area contributed by atoms with Crippen molar-refractivity contribution in [3.63, 3.8) is 0 Å². The molecular formula is C21H33FN4. The van der Waals surface area contributed by atoms with Gasteiger partial charge >= 0.3 is 0 Å². The molecule has 26 heavy (non-hydrogen) atoms. The highest BCUT2D eigenvalue weighted by molar-refractivity contribution is 5.46. The van der Waals surface area contributed by atoms with Crippen LogP contribution in [-0.4, -0.2) is 86.2 Å². The van der Waals surface area contributed by atoms with E-state index in [-0.39, 0.29) is 5.82 Å². The van der Waals surface area contributed by atoms with Gasteiger partial charge in [-0.15, -0.1) is 0 Å². The van der Waals surface area contributed by atoms with Gasteiger partial charge in [0.15, 0.2) is 0 Å². The maximum Gasteiger partial charge on any atom is 0.123 e. The molecule has 0 aromatic heterocycles. The van der Waals surface area contributed by atoms with E-state index in [1.165, 1.54) is 51.9 Å². The maximum atomic E-state index is 13.1. The Morgan fingerprint density at radius 2 is 1.69 bits per heavy atom. The number of anilines is 1. The summed E-state index contributed by atoms with van der Waals surface area (Å²) in [5.41, 5.74) is 1.15. The molecule has 3 saturated heterocycles. The number of hydrogen-bond donors (Lipinski definition) is 0. The van der Waals surface area contributed by atoms with Crippen LogP contribution in [0.1, 0.15) is 25.7 Å². The minimum absolute atomic E-state index is 0.152. The molecular weight excluding hydrogens is 327 g/mol. The Hall–Kier alpha value is -1.17. The minimum atomic E-state index is -0.152. The molecule has 3 aliphatic rings. The second-order valence-corrected chi connectivity index (χ2v) is 8.33. The zero-order chi connectivity index (χ0) is 17.9. The molecule has 3 aliphatic heterocycles. The van der Waals surface area contributed by atoms with Gasteiger partial charge in [-0.1, -0.05) is 6.42 Å². The first-order chi connectivity index (χ1) is 12.7. The van der Waals surface area contributed by atoms with Gasteiger partial charge in [0.1, 0.15) is 5.82 Å². The molecule has 0 aliphatic carbocycles. The lowest BCUT2D eigenvalue weighted by atomic mass is 9.98. The van der Waals surface area contributed by atoms with E-state index in [4.69, 9.17) is 0 Å². The van der Waals surface area contributed by atoms with Gasteiger partial charge in [0.2, 0.25) is 0 Å². The van der Waals surface area contributed by atoms with Crippen LogP contribution in [0.3, 0.4) is 0 Å². The first kappa shape index (κ1) is 18.2. The van der Waals surface area contributed by atoms with Crippen molar-refractivity contribution in [1.29, 1.82) is 0 Å². The van der Waals surface area contributed by atoms with E-state index in [1.807, 2.05) is 12.1 Å². The van der Waals surface area contributed by atoms with Crippen LogP contribution < -0.4 is 4.90 Å². The summed E-state index contributed by atoms with van der Waals surface area (Å²) in [4.78, 5) is 10.2. The van der Waals surface area contributed by atoms with Crippen LogP contribution in [0.5, 0.6) is 0 Å². The normalized spacial score (nSPS) is 26.8. The molecule has 0 spiro atoms. The van der Waals surface area contributed by atoms with E-state index in [2.05, 4.69) is 26.6 Å². The van der Waals surface area contributed by atoms with Crippen LogP contribution >= 0.6 is 0 Å². The Balaban J connectivity index is 1.16. The predicted octanol–water partition coefficient (Wildman–Crippen LogP) is 2.51. The van der Waals surface area contributed by atoms with E-state index in [1.54, 1.807) is 12.1 Å². The highest BCUT2D eigenvalue weighted by Crippen LogP contribution is 2.23. The van der Waals surface area contributed by atoms with Crippen molar-refractivity contribution in [2.75, 3.05) is 64.3 Å². The lowest BCUT2D eigenvalue weighted by molar-refractivity contribution is 0.0236. The third kappa shape index (κ3) is 4.21. The summed E-state index contributed by atoms with van der Waals surface area (Å²) in [6.07, 6.45) is 5.51. The van der Waals surface area contributed by atoms with Gasteiger partial charge < -0.3 is 14.7 Å². The third-order valence-electron chi connectivity index (χ3n) is 6.66. The highest BCUT2D eigenvalue weighted by atomic mass is 19.1. The fraction of sp³-hybridized carbons (Fsp3) is 0.714. The molecule has 0 bridgehead atoms. The number of likely N-dealkylation sites (tertiary alicyclic amines) is 2. The molecule has 0 saturated carbocycles. The quantitative estimate of drug-likeness (QED) is 0.800. The van der Waals surface area contributed by atoms with Gasteiger partial charge in [0.05, 0.1) is 0 Å². The average molecular weight is 361 g/mol. The summed E-state index contributed by atoms with van der Waals surface area (Å²) in [5.74, 6) is -0.152. The number of hydrogen-bond acceptors (Lipinski definition) is 4. The van der Waals surface area contributed by atoms with Gasteiger partial charge in [0, 0.05) is 57.0 Å². The van der Waals surface area contributed by atoms with Crippen molar-refractivity contribution >= 4 is 5.69 Å². The SMILES string of the molecule is CN1CCCCC1CCN1CC(N2CCN(c3ccc(F)cc3)CC2)C1. The Kier molecular flexibility index (Phi) is 5.77. The van der Waals surface area contributed by atoms with Crippen LogP contribution in [0.2, 0.25) is 0 Å². The number of piperazine rings is 1. The van der Waals surface area contributed by atoms with E-state index in [0.717, 1.165) is 44.0 Å². The first-order valence-corrected chi connectivity index (χ1v) is 10.4. The summed E-state index contributed by atoms with van der Waals surface area (Å²) >= 11 is 0. The van der Waals surface area contributed by atoms with Crippen molar-refractivity contribution in [3.8, 4) is 0 Å². The third-order valence-corrected chi connectivity index (χ3v) is 6.66. The van der Waals surface area contributed by atoms with Gasteiger partial charge in [-0.3, -0.25) is 4.90 Å². The number of piperidine rings is 1. The summed E-state index contributed by atoms with van der Waals surface area (Å²) < 4.78 is 13.1. The minimum Gasteiger partial charge on any atom is -0.369 e. The summed E-state index contributed by atoms with van der Waals surface area (Å²) in [7, 11) is 2.29. The molecule has 4 nitrogen and oxygen atoms in total. The lowest BCUT2D eigenvalue weighted by Crippen LogP contribution is -2.63. The molecule has 3 fully saturated rings. The number of rotatable bonds is 5. The standard InChI is InChI=1S/C21H33FN4/c1-23-10-3-2-4-19(23)9-11-24-16-21(17-24)26-14-12-25(13-15-26)20-7-5-18(22)6-8-20/h5-8,19,21H,2-4,9-17H2,1H3. The average Bonchev–Trinajstić information content (AvgIpc) is 2.63. The molecule has 1 atom stereocenters. The lowest BCUT2D eigenvalue weighted by Gasteiger charge is -2.49. The van der Waals surface area contributed by atoms with Gasteiger partial charge in [-0.2, -0.15) is 0 Å². The summed E-state index contributed by atoms with van der Waals surface area (Å²) in [5, 5.41) is 0. The van der Waals surface area contributed by atoms with Gasteiger partial charge in [-0.25, -0.2) is 4.39 Å². The molecule has 0 amide bonds. The number of halogens is 1. The molecule has 144 valence electrons. The van der Waals surface area contributed by atoms with Crippen molar-refractivity contribution in [2.24, 2.45) is 0 Å². The molecule has 1 aromatic rings. The van der Waals surface area contributed by atoms with E-state index in [9.17, 15) is 4.39 Å². The zero-order valence-corrected chi connectivity index (χ0v) is 16.1. The van der Waals surface area contributed by atoms with E-state index < -0.39 is 0 Å². The van der Waals surface area contributed by atoms with Crippen molar-refractivity contribution in [2.45, 2.75) is 37.8 Å².